The number of piperidine rings is 2. The number of hydrogen-bond donors (Lipinski definition) is 1. The normalized spacial score (nSPS) is 20.2. The van der Waals surface area contributed by atoms with Crippen molar-refractivity contribution in [2.75, 3.05) is 23.3 Å². The molecule has 0 saturated carbocycles. The average Bonchev–Trinajstić information content (AvgIpc) is 2.81. The summed E-state index contributed by atoms with van der Waals surface area (Å²) in [6.45, 7) is 4.98. The van der Waals surface area contributed by atoms with Gasteiger partial charge < -0.3 is 15.1 Å². The minimum Gasteiger partial charge on any atom is -0.350 e. The first-order chi connectivity index (χ1) is 15.0. The zero-order chi connectivity index (χ0) is 21.5. The van der Waals surface area contributed by atoms with E-state index in [0.29, 0.717) is 29.9 Å². The number of rotatable bonds is 4. The molecule has 1 aromatic carbocycles. The second-order valence-electron chi connectivity index (χ2n) is 7.72. The summed E-state index contributed by atoms with van der Waals surface area (Å²) in [5.41, 5.74) is 1.41. The van der Waals surface area contributed by atoms with Crippen LogP contribution in [0.3, 0.4) is 0 Å². The van der Waals surface area contributed by atoms with Gasteiger partial charge in [0.15, 0.2) is 11.6 Å². The van der Waals surface area contributed by atoms with Gasteiger partial charge in [-0.3, -0.25) is 4.79 Å². The van der Waals surface area contributed by atoms with Gasteiger partial charge in [0, 0.05) is 25.2 Å². The second-order valence-corrected chi connectivity index (χ2v) is 8.13. The number of piperazine rings is 1. The molecule has 2 atom stereocenters. The van der Waals surface area contributed by atoms with Gasteiger partial charge in [-0.25, -0.2) is 19.3 Å². The Bertz CT molecular complexity index is 1190. The third-order valence-electron chi connectivity index (χ3n) is 5.95. The number of halogens is 2. The highest BCUT2D eigenvalue weighted by Crippen LogP contribution is 2.34. The van der Waals surface area contributed by atoms with Gasteiger partial charge in [-0.2, -0.15) is 0 Å². The number of aromatic nitrogens is 3. The number of carbonyl (C=O) groups is 1. The van der Waals surface area contributed by atoms with E-state index in [-0.39, 0.29) is 28.7 Å². The lowest BCUT2D eigenvalue weighted by molar-refractivity contribution is -0.131. The third kappa shape index (κ3) is 3.46. The molecule has 5 heterocycles. The smallest absolute Gasteiger partial charge is 0.246 e. The predicted octanol–water partition coefficient (Wildman–Crippen LogP) is 3.93. The Morgan fingerprint density at radius 3 is 2.81 bits per heavy atom. The molecule has 158 valence electrons. The van der Waals surface area contributed by atoms with Gasteiger partial charge in [-0.15, -0.1) is 0 Å². The topological polar surface area (TPSA) is 74.2 Å². The van der Waals surface area contributed by atoms with Gasteiger partial charge in [0.2, 0.25) is 5.91 Å². The summed E-state index contributed by atoms with van der Waals surface area (Å²) in [6.07, 6.45) is 4.76. The molecule has 0 spiro atoms. The van der Waals surface area contributed by atoms with E-state index in [1.807, 2.05) is 17.0 Å². The summed E-state index contributed by atoms with van der Waals surface area (Å²) in [4.78, 5) is 29.7. The van der Waals surface area contributed by atoms with E-state index in [0.717, 1.165) is 18.7 Å². The lowest BCUT2D eigenvalue weighted by Gasteiger charge is -2.51. The molecule has 3 fully saturated rings. The molecule has 2 aromatic heterocycles. The molecule has 7 nitrogen and oxygen atoms in total. The van der Waals surface area contributed by atoms with Crippen LogP contribution in [0.15, 0.2) is 49.3 Å². The Labute approximate surface area is 183 Å². The fraction of sp³-hybridized carbons (Fsp3) is 0.273. The van der Waals surface area contributed by atoms with Crippen molar-refractivity contribution >= 4 is 45.9 Å². The molecule has 3 aliphatic rings. The van der Waals surface area contributed by atoms with Crippen molar-refractivity contribution in [2.45, 2.75) is 24.9 Å². The number of fused-ring (bicyclic) bond motifs is 4. The summed E-state index contributed by atoms with van der Waals surface area (Å²) in [5.74, 6) is 0.618. The summed E-state index contributed by atoms with van der Waals surface area (Å²) in [5, 5.41) is 3.02. The Morgan fingerprint density at radius 2 is 2.03 bits per heavy atom. The Kier molecular flexibility index (Phi) is 4.94. The molecular weight excluding hydrogens is 419 g/mol. The molecular formula is C22H20ClFN6O. The highest BCUT2D eigenvalue weighted by molar-refractivity contribution is 6.31. The SMILES string of the molecule is C=CC(=O)N1CC2CC[C@@H]1CN2c1ccc2ncnc(Nc3cccc(Cl)c3F)c2n1. The second kappa shape index (κ2) is 7.77. The molecule has 2 bridgehead atoms. The molecule has 6 rings (SSSR count). The molecule has 3 aliphatic heterocycles. The van der Waals surface area contributed by atoms with E-state index in [1.54, 1.807) is 12.1 Å². The number of nitrogens with zero attached hydrogens (tertiary/aromatic N) is 5. The van der Waals surface area contributed by atoms with Gasteiger partial charge >= 0.3 is 0 Å². The van der Waals surface area contributed by atoms with Crippen molar-refractivity contribution in [2.24, 2.45) is 0 Å². The highest BCUT2D eigenvalue weighted by atomic mass is 35.5. The monoisotopic (exact) mass is 438 g/mol. The first kappa shape index (κ1) is 19.7. The molecule has 0 aliphatic carbocycles. The zero-order valence-electron chi connectivity index (χ0n) is 16.6. The molecule has 1 N–H and O–H groups in total. The Hall–Kier alpha value is -3.26. The third-order valence-corrected chi connectivity index (χ3v) is 6.25. The molecule has 1 unspecified atom stereocenters. The first-order valence-corrected chi connectivity index (χ1v) is 10.5. The maximum Gasteiger partial charge on any atom is 0.246 e. The van der Waals surface area contributed by atoms with Crippen LogP contribution in [0, 0.1) is 5.82 Å². The molecule has 0 radical (unpaired) electrons. The fourth-order valence-corrected chi connectivity index (χ4v) is 4.58. The molecule has 31 heavy (non-hydrogen) atoms. The van der Waals surface area contributed by atoms with E-state index < -0.39 is 5.82 Å². The Balaban J connectivity index is 1.48. The summed E-state index contributed by atoms with van der Waals surface area (Å²) in [7, 11) is 0. The van der Waals surface area contributed by atoms with E-state index in [2.05, 4.69) is 26.8 Å². The summed E-state index contributed by atoms with van der Waals surface area (Å²) < 4.78 is 14.4. The maximum atomic E-state index is 14.4. The zero-order valence-corrected chi connectivity index (χ0v) is 17.4. The van der Waals surface area contributed by atoms with Crippen LogP contribution in [0.5, 0.6) is 0 Å². The number of hydrogen-bond acceptors (Lipinski definition) is 6. The van der Waals surface area contributed by atoms with Crippen LogP contribution in [0.25, 0.3) is 11.0 Å². The van der Waals surface area contributed by atoms with Crippen LogP contribution in [0.2, 0.25) is 5.02 Å². The van der Waals surface area contributed by atoms with Crippen LogP contribution in [0.1, 0.15) is 12.8 Å². The first-order valence-electron chi connectivity index (χ1n) is 10.1. The number of carbonyl (C=O) groups excluding carboxylic acids is 1. The maximum absolute atomic E-state index is 14.4. The van der Waals surface area contributed by atoms with Gasteiger partial charge in [-0.05, 0) is 43.2 Å². The van der Waals surface area contributed by atoms with Crippen LogP contribution >= 0.6 is 11.6 Å². The number of pyridine rings is 1. The quantitative estimate of drug-likeness (QED) is 0.622. The van der Waals surface area contributed by atoms with Crippen molar-refractivity contribution in [1.29, 1.82) is 0 Å². The molecule has 9 heteroatoms. The van der Waals surface area contributed by atoms with Crippen LogP contribution in [-0.4, -0.2) is 50.9 Å². The van der Waals surface area contributed by atoms with Gasteiger partial charge in [0.1, 0.15) is 17.7 Å². The number of anilines is 3. The number of amides is 1. The van der Waals surface area contributed by atoms with E-state index in [9.17, 15) is 9.18 Å². The van der Waals surface area contributed by atoms with E-state index in [1.165, 1.54) is 18.5 Å². The van der Waals surface area contributed by atoms with Gasteiger partial charge in [0.05, 0.1) is 16.2 Å². The highest BCUT2D eigenvalue weighted by Gasteiger charge is 2.40. The van der Waals surface area contributed by atoms with Crippen molar-refractivity contribution in [1.82, 2.24) is 19.9 Å². The van der Waals surface area contributed by atoms with Crippen LogP contribution < -0.4 is 10.2 Å². The summed E-state index contributed by atoms with van der Waals surface area (Å²) >= 11 is 5.90. The van der Waals surface area contributed by atoms with Crippen molar-refractivity contribution in [3.63, 3.8) is 0 Å². The van der Waals surface area contributed by atoms with Gasteiger partial charge in [-0.1, -0.05) is 24.2 Å². The fourth-order valence-electron chi connectivity index (χ4n) is 4.41. The lowest BCUT2D eigenvalue weighted by Crippen LogP contribution is -2.64. The van der Waals surface area contributed by atoms with Crippen molar-refractivity contribution < 1.29 is 9.18 Å². The standard InChI is InChI=1S/C22H20ClFN6O/c1-2-19(31)30-11-13-6-7-14(30)10-29(13)18-9-8-17-21(28-18)22(26-12-25-17)27-16-5-3-4-15(23)20(16)24/h2-5,8-9,12-14H,1,6-7,10-11H2,(H,25,26,27)/t13?,14-/m1/s1. The lowest BCUT2D eigenvalue weighted by atomic mass is 9.90. The molecule has 3 aromatic rings. The number of nitrogens with one attached hydrogen (secondary N) is 1. The van der Waals surface area contributed by atoms with Crippen molar-refractivity contribution in [3.05, 3.63) is 60.2 Å². The minimum atomic E-state index is -0.549. The van der Waals surface area contributed by atoms with E-state index in [4.69, 9.17) is 16.6 Å². The van der Waals surface area contributed by atoms with Gasteiger partial charge in [0.25, 0.3) is 0 Å². The molecule has 1 amide bonds. The molecule has 3 saturated heterocycles. The van der Waals surface area contributed by atoms with Crippen LogP contribution in [0.4, 0.5) is 21.7 Å². The van der Waals surface area contributed by atoms with E-state index >= 15 is 0 Å². The summed E-state index contributed by atoms with van der Waals surface area (Å²) in [6, 6.07) is 8.88. The average molecular weight is 439 g/mol. The van der Waals surface area contributed by atoms with Crippen molar-refractivity contribution in [3.8, 4) is 0 Å². The Morgan fingerprint density at radius 1 is 1.19 bits per heavy atom. The van der Waals surface area contributed by atoms with Crippen LogP contribution in [-0.2, 0) is 4.79 Å². The minimum absolute atomic E-state index is 0.0238. The predicted molar refractivity (Wildman–Crippen MR) is 118 cm³/mol. The number of benzene rings is 1. The largest absolute Gasteiger partial charge is 0.350 e.